The highest BCUT2D eigenvalue weighted by molar-refractivity contribution is 5.74. The summed E-state index contributed by atoms with van der Waals surface area (Å²) in [6.07, 6.45) is 8.78. The fraction of sp³-hybridized carbons (Fsp3) is 0.947. The molecule has 2 saturated carbocycles. The number of hydrogen-bond donors (Lipinski definition) is 1. The molecule has 0 radical (unpaired) electrons. The van der Waals surface area contributed by atoms with Crippen LogP contribution in [0.2, 0.25) is 0 Å². The summed E-state index contributed by atoms with van der Waals surface area (Å²) in [5.41, 5.74) is -0.183. The van der Waals surface area contributed by atoms with E-state index in [9.17, 15) is 4.79 Å². The number of carbonyl (C=O) groups is 1. The monoisotopic (exact) mass is 336 g/mol. The van der Waals surface area contributed by atoms with Gasteiger partial charge in [0.1, 0.15) is 0 Å². The lowest BCUT2D eigenvalue weighted by Gasteiger charge is -2.47. The first-order valence-corrected chi connectivity index (χ1v) is 9.92. The van der Waals surface area contributed by atoms with Crippen LogP contribution in [-0.4, -0.2) is 55.5 Å². The molecule has 24 heavy (non-hydrogen) atoms. The van der Waals surface area contributed by atoms with Crippen LogP contribution in [0.4, 0.5) is 4.79 Å². The van der Waals surface area contributed by atoms with Crippen LogP contribution in [0.15, 0.2) is 0 Å². The third kappa shape index (κ3) is 3.43. The SMILES string of the molecule is CC1CN(C(=O)NCCC2CC3CCC2C3)CC2(CCOCC2)O1. The molecule has 5 nitrogen and oxygen atoms in total. The summed E-state index contributed by atoms with van der Waals surface area (Å²) >= 11 is 0. The summed E-state index contributed by atoms with van der Waals surface area (Å²) in [4.78, 5) is 14.6. The Morgan fingerprint density at radius 3 is 2.79 bits per heavy atom. The molecule has 4 unspecified atom stereocenters. The minimum absolute atomic E-state index is 0.0965. The van der Waals surface area contributed by atoms with Gasteiger partial charge in [-0.2, -0.15) is 0 Å². The fourth-order valence-corrected chi connectivity index (χ4v) is 5.60. The Hall–Kier alpha value is -0.810. The van der Waals surface area contributed by atoms with Crippen LogP contribution in [0, 0.1) is 17.8 Å². The van der Waals surface area contributed by atoms with Crippen molar-refractivity contribution in [3.63, 3.8) is 0 Å². The minimum Gasteiger partial charge on any atom is -0.381 e. The van der Waals surface area contributed by atoms with Gasteiger partial charge in [-0.15, -0.1) is 0 Å². The molecular formula is C19H32N2O3. The zero-order valence-corrected chi connectivity index (χ0v) is 15.0. The summed E-state index contributed by atoms with van der Waals surface area (Å²) in [7, 11) is 0. The van der Waals surface area contributed by atoms with Crippen molar-refractivity contribution >= 4 is 6.03 Å². The highest BCUT2D eigenvalue weighted by Gasteiger charge is 2.42. The molecule has 5 heteroatoms. The van der Waals surface area contributed by atoms with E-state index in [1.807, 2.05) is 4.90 Å². The fourth-order valence-electron chi connectivity index (χ4n) is 5.60. The second-order valence-corrected chi connectivity index (χ2v) is 8.56. The number of ether oxygens (including phenoxy) is 2. The maximum Gasteiger partial charge on any atom is 0.317 e. The van der Waals surface area contributed by atoms with Gasteiger partial charge in [-0.25, -0.2) is 4.79 Å². The number of fused-ring (bicyclic) bond motifs is 2. The van der Waals surface area contributed by atoms with E-state index in [-0.39, 0.29) is 17.7 Å². The average molecular weight is 336 g/mol. The quantitative estimate of drug-likeness (QED) is 0.862. The summed E-state index contributed by atoms with van der Waals surface area (Å²) in [6.45, 7) is 5.79. The third-order valence-electron chi connectivity index (χ3n) is 6.77. The lowest BCUT2D eigenvalue weighted by atomic mass is 9.86. The number of nitrogens with one attached hydrogen (secondary N) is 1. The van der Waals surface area contributed by atoms with Crippen molar-refractivity contribution in [2.24, 2.45) is 17.8 Å². The van der Waals surface area contributed by atoms with E-state index >= 15 is 0 Å². The summed E-state index contributed by atoms with van der Waals surface area (Å²) < 4.78 is 11.7. The first kappa shape index (κ1) is 16.6. The third-order valence-corrected chi connectivity index (χ3v) is 6.77. The number of urea groups is 1. The molecule has 2 aliphatic carbocycles. The molecule has 136 valence electrons. The maximum absolute atomic E-state index is 12.6. The molecule has 0 aromatic carbocycles. The molecule has 4 fully saturated rings. The second kappa shape index (κ2) is 6.83. The Labute approximate surface area is 145 Å². The van der Waals surface area contributed by atoms with Gasteiger partial charge in [-0.05, 0) is 50.4 Å². The number of hydrogen-bond acceptors (Lipinski definition) is 3. The molecule has 4 atom stereocenters. The van der Waals surface area contributed by atoms with E-state index in [1.165, 1.54) is 25.7 Å². The first-order valence-electron chi connectivity index (χ1n) is 9.92. The van der Waals surface area contributed by atoms with Crippen molar-refractivity contribution in [1.29, 1.82) is 0 Å². The van der Waals surface area contributed by atoms with Gasteiger partial charge in [-0.3, -0.25) is 0 Å². The lowest BCUT2D eigenvalue weighted by molar-refractivity contribution is -0.175. The normalized spacial score (nSPS) is 37.8. The van der Waals surface area contributed by atoms with Crippen molar-refractivity contribution in [2.45, 2.75) is 63.6 Å². The highest BCUT2D eigenvalue weighted by Crippen LogP contribution is 2.49. The van der Waals surface area contributed by atoms with Crippen LogP contribution in [0.5, 0.6) is 0 Å². The first-order chi connectivity index (χ1) is 11.6. The van der Waals surface area contributed by atoms with E-state index in [4.69, 9.17) is 9.47 Å². The van der Waals surface area contributed by atoms with Gasteiger partial charge in [0.05, 0.1) is 18.2 Å². The van der Waals surface area contributed by atoms with Gasteiger partial charge in [0.2, 0.25) is 0 Å². The largest absolute Gasteiger partial charge is 0.381 e. The van der Waals surface area contributed by atoms with Crippen LogP contribution < -0.4 is 5.32 Å². The van der Waals surface area contributed by atoms with Crippen LogP contribution in [0.25, 0.3) is 0 Å². The van der Waals surface area contributed by atoms with Crippen LogP contribution in [-0.2, 0) is 9.47 Å². The van der Waals surface area contributed by atoms with Crippen molar-refractivity contribution in [3.05, 3.63) is 0 Å². The molecule has 2 aliphatic heterocycles. The van der Waals surface area contributed by atoms with Crippen molar-refractivity contribution < 1.29 is 14.3 Å². The van der Waals surface area contributed by atoms with Crippen LogP contribution >= 0.6 is 0 Å². The lowest BCUT2D eigenvalue weighted by Crippen LogP contribution is -2.60. The van der Waals surface area contributed by atoms with Gasteiger partial charge < -0.3 is 19.7 Å². The highest BCUT2D eigenvalue weighted by atomic mass is 16.5. The standard InChI is InChI=1S/C19H32N2O3/c1-14-12-21(13-19(24-14)5-8-23-9-6-19)18(22)20-7-4-17-11-15-2-3-16(17)10-15/h14-17H,2-13H2,1H3,(H,20,22). The molecule has 1 N–H and O–H groups in total. The smallest absolute Gasteiger partial charge is 0.317 e. The molecule has 2 bridgehead atoms. The van der Waals surface area contributed by atoms with Gasteiger partial charge >= 0.3 is 6.03 Å². The Kier molecular flexibility index (Phi) is 4.74. The number of amides is 2. The maximum atomic E-state index is 12.6. The zero-order valence-electron chi connectivity index (χ0n) is 15.0. The summed E-state index contributed by atoms with van der Waals surface area (Å²) in [5.74, 6) is 2.79. The van der Waals surface area contributed by atoms with Gasteiger partial charge in [-0.1, -0.05) is 6.42 Å². The predicted octanol–water partition coefficient (Wildman–Crippen LogP) is 2.79. The minimum atomic E-state index is -0.183. The van der Waals surface area contributed by atoms with Crippen molar-refractivity contribution in [3.8, 4) is 0 Å². The Balaban J connectivity index is 1.26. The second-order valence-electron chi connectivity index (χ2n) is 8.56. The van der Waals surface area contributed by atoms with Gasteiger partial charge in [0, 0.05) is 39.1 Å². The Morgan fingerprint density at radius 1 is 1.25 bits per heavy atom. The summed E-state index contributed by atoms with van der Waals surface area (Å²) in [5, 5.41) is 3.18. The van der Waals surface area contributed by atoms with Crippen LogP contribution in [0.3, 0.4) is 0 Å². The molecular weight excluding hydrogens is 304 g/mol. The molecule has 2 amide bonds. The van der Waals surface area contributed by atoms with E-state index in [1.54, 1.807) is 0 Å². The molecule has 2 heterocycles. The van der Waals surface area contributed by atoms with E-state index in [2.05, 4.69) is 12.2 Å². The molecule has 2 saturated heterocycles. The number of nitrogens with zero attached hydrogens (tertiary/aromatic N) is 1. The van der Waals surface area contributed by atoms with E-state index < -0.39 is 0 Å². The van der Waals surface area contributed by atoms with Gasteiger partial charge in [0.25, 0.3) is 0 Å². The van der Waals surface area contributed by atoms with Crippen molar-refractivity contribution in [1.82, 2.24) is 10.2 Å². The van der Waals surface area contributed by atoms with Crippen molar-refractivity contribution in [2.75, 3.05) is 32.8 Å². The molecule has 0 aromatic rings. The average Bonchev–Trinajstić information content (AvgIpc) is 3.17. The van der Waals surface area contributed by atoms with Gasteiger partial charge in [0.15, 0.2) is 0 Å². The summed E-state index contributed by atoms with van der Waals surface area (Å²) in [6, 6.07) is 0.0965. The number of rotatable bonds is 3. The topological polar surface area (TPSA) is 50.8 Å². The molecule has 4 rings (SSSR count). The zero-order chi connectivity index (χ0) is 16.6. The Morgan fingerprint density at radius 2 is 2.08 bits per heavy atom. The van der Waals surface area contributed by atoms with E-state index in [0.29, 0.717) is 13.1 Å². The molecule has 1 spiro atoms. The number of morpholine rings is 1. The number of carbonyl (C=O) groups excluding carboxylic acids is 1. The predicted molar refractivity (Wildman–Crippen MR) is 91.9 cm³/mol. The Bertz CT molecular complexity index is 464. The van der Waals surface area contributed by atoms with Crippen LogP contribution in [0.1, 0.15) is 51.9 Å². The van der Waals surface area contributed by atoms with E-state index in [0.717, 1.165) is 56.8 Å². The molecule has 0 aromatic heterocycles. The molecule has 4 aliphatic rings.